The number of fused-ring (bicyclic) bond motifs is 10. The van der Waals surface area contributed by atoms with Gasteiger partial charge in [-0.3, -0.25) is 0 Å². The molecule has 0 bridgehead atoms. The van der Waals surface area contributed by atoms with Gasteiger partial charge >= 0.3 is 0 Å². The molecule has 0 aliphatic carbocycles. The van der Waals surface area contributed by atoms with Gasteiger partial charge in [0.15, 0.2) is 17.5 Å². The van der Waals surface area contributed by atoms with Crippen molar-refractivity contribution in [3.8, 4) is 45.5 Å². The first-order valence-electron chi connectivity index (χ1n) is 19.1. The highest BCUT2D eigenvalue weighted by molar-refractivity contribution is 6.26. The lowest BCUT2D eigenvalue weighted by Gasteiger charge is -2.12. The predicted octanol–water partition coefficient (Wildman–Crippen LogP) is 13.0. The fourth-order valence-corrected chi connectivity index (χ4v) is 8.60. The number of hydrogen-bond donors (Lipinski definition) is 0. The van der Waals surface area contributed by atoms with E-state index in [-0.39, 0.29) is 0 Å². The number of furan rings is 1. The van der Waals surface area contributed by atoms with Crippen molar-refractivity contribution in [3.63, 3.8) is 0 Å². The topological polar surface area (TPSA) is 61.7 Å². The molecule has 0 fully saturated rings. The smallest absolute Gasteiger partial charge is 0.164 e. The fraction of sp³-hybridized carbons (Fsp3) is 0. The summed E-state index contributed by atoms with van der Waals surface area (Å²) in [6.07, 6.45) is 0. The SMILES string of the molecule is c1ccc(-c2nc(-c3ccccc3)nc(-c3cccc(-n4c5cc6c7ccccc7n(-c7ccccc7)c6cc5c5c6oc7ccccc7c6ccc54)c3)n2)cc1. The first kappa shape index (κ1) is 31.5. The molecule has 4 aromatic heterocycles. The summed E-state index contributed by atoms with van der Waals surface area (Å²) in [6, 6.07) is 65.5. The molecule has 0 saturated heterocycles. The van der Waals surface area contributed by atoms with E-state index in [9.17, 15) is 0 Å². The Balaban J connectivity index is 1.16. The number of rotatable bonds is 5. The van der Waals surface area contributed by atoms with Gasteiger partial charge < -0.3 is 13.6 Å². The number of nitrogens with zero attached hydrogens (tertiary/aromatic N) is 5. The van der Waals surface area contributed by atoms with Gasteiger partial charge in [0.1, 0.15) is 11.2 Å². The Morgan fingerprint density at radius 2 is 0.877 bits per heavy atom. The maximum absolute atomic E-state index is 6.77. The van der Waals surface area contributed by atoms with Crippen LogP contribution in [-0.4, -0.2) is 24.1 Å². The molecule has 6 heteroatoms. The molecule has 0 aliphatic heterocycles. The molecule has 0 unspecified atom stereocenters. The lowest BCUT2D eigenvalue weighted by Crippen LogP contribution is -2.01. The van der Waals surface area contributed by atoms with E-state index in [4.69, 9.17) is 19.4 Å². The predicted molar refractivity (Wildman–Crippen MR) is 232 cm³/mol. The lowest BCUT2D eigenvalue weighted by molar-refractivity contribution is 0.673. The second kappa shape index (κ2) is 12.3. The second-order valence-corrected chi connectivity index (χ2v) is 14.4. The molecule has 0 aliphatic rings. The molecule has 0 atom stereocenters. The summed E-state index contributed by atoms with van der Waals surface area (Å²) >= 11 is 0. The van der Waals surface area contributed by atoms with E-state index in [0.717, 1.165) is 82.8 Å². The third kappa shape index (κ3) is 4.87. The number of benzene rings is 8. The van der Waals surface area contributed by atoms with Crippen LogP contribution < -0.4 is 0 Å². The Hall–Kier alpha value is -7.83. The van der Waals surface area contributed by atoms with Crippen LogP contribution in [0.2, 0.25) is 0 Å². The maximum atomic E-state index is 6.77. The van der Waals surface area contributed by atoms with E-state index in [1.165, 1.54) is 10.8 Å². The molecule has 266 valence electrons. The largest absolute Gasteiger partial charge is 0.455 e. The maximum Gasteiger partial charge on any atom is 0.164 e. The Morgan fingerprint density at radius 1 is 0.333 bits per heavy atom. The van der Waals surface area contributed by atoms with Crippen molar-refractivity contribution in [2.24, 2.45) is 0 Å². The molecule has 0 saturated carbocycles. The third-order valence-electron chi connectivity index (χ3n) is 11.1. The third-order valence-corrected chi connectivity index (χ3v) is 11.1. The normalized spacial score (nSPS) is 11.9. The van der Waals surface area contributed by atoms with Crippen LogP contribution in [0.3, 0.4) is 0 Å². The van der Waals surface area contributed by atoms with Crippen molar-refractivity contribution in [3.05, 3.63) is 188 Å². The molecule has 0 radical (unpaired) electrons. The van der Waals surface area contributed by atoms with Crippen LogP contribution in [0.5, 0.6) is 0 Å². The zero-order chi connectivity index (χ0) is 37.5. The summed E-state index contributed by atoms with van der Waals surface area (Å²) in [5, 5.41) is 6.78. The molecule has 4 heterocycles. The molecule has 8 aromatic carbocycles. The van der Waals surface area contributed by atoms with Gasteiger partial charge in [-0.1, -0.05) is 127 Å². The van der Waals surface area contributed by atoms with Gasteiger partial charge in [-0.2, -0.15) is 0 Å². The summed E-state index contributed by atoms with van der Waals surface area (Å²) < 4.78 is 11.5. The van der Waals surface area contributed by atoms with Crippen molar-refractivity contribution in [2.45, 2.75) is 0 Å². The molecular formula is C51H31N5O. The number of aromatic nitrogens is 5. The highest BCUT2D eigenvalue weighted by atomic mass is 16.3. The van der Waals surface area contributed by atoms with E-state index in [1.807, 2.05) is 66.7 Å². The van der Waals surface area contributed by atoms with Crippen LogP contribution in [0.1, 0.15) is 0 Å². The molecular weight excluding hydrogens is 699 g/mol. The summed E-state index contributed by atoms with van der Waals surface area (Å²) in [7, 11) is 0. The summed E-state index contributed by atoms with van der Waals surface area (Å²) in [5.74, 6) is 1.87. The van der Waals surface area contributed by atoms with Crippen molar-refractivity contribution < 1.29 is 4.42 Å². The van der Waals surface area contributed by atoms with E-state index in [1.54, 1.807) is 0 Å². The first-order valence-corrected chi connectivity index (χ1v) is 19.1. The van der Waals surface area contributed by atoms with Gasteiger partial charge in [0.2, 0.25) is 0 Å². The van der Waals surface area contributed by atoms with Gasteiger partial charge in [0, 0.05) is 55.0 Å². The second-order valence-electron chi connectivity index (χ2n) is 14.4. The van der Waals surface area contributed by atoms with E-state index in [2.05, 4.69) is 130 Å². The molecule has 57 heavy (non-hydrogen) atoms. The van der Waals surface area contributed by atoms with Crippen LogP contribution in [0.4, 0.5) is 0 Å². The van der Waals surface area contributed by atoms with Gasteiger partial charge in [-0.05, 0) is 60.7 Å². The van der Waals surface area contributed by atoms with Crippen molar-refractivity contribution in [2.75, 3.05) is 0 Å². The molecule has 0 N–H and O–H groups in total. The van der Waals surface area contributed by atoms with E-state index >= 15 is 0 Å². The molecule has 12 aromatic rings. The molecule has 6 nitrogen and oxygen atoms in total. The minimum Gasteiger partial charge on any atom is -0.455 e. The van der Waals surface area contributed by atoms with Crippen molar-refractivity contribution in [1.82, 2.24) is 24.1 Å². The zero-order valence-corrected chi connectivity index (χ0v) is 30.5. The summed E-state index contributed by atoms with van der Waals surface area (Å²) in [5.41, 5.74) is 11.1. The monoisotopic (exact) mass is 729 g/mol. The standard InChI is InChI=1S/C51H31N5O/c1-4-15-32(16-5-1)49-52-50(33-17-6-2-7-18-33)54-51(53-49)34-19-14-22-36(29-34)56-43-28-27-39-38-24-11-13-26-46(38)57-48(39)47(43)41-31-44-40(30-45(41)56)37-23-10-12-25-42(37)55(44)35-20-8-3-9-21-35/h1-31H. The highest BCUT2D eigenvalue weighted by Gasteiger charge is 2.22. The number of hydrogen-bond acceptors (Lipinski definition) is 4. The fourth-order valence-electron chi connectivity index (χ4n) is 8.60. The molecule has 0 spiro atoms. The highest BCUT2D eigenvalue weighted by Crippen LogP contribution is 2.44. The molecule has 12 rings (SSSR count). The lowest BCUT2D eigenvalue weighted by atomic mass is 10.1. The quantitative estimate of drug-likeness (QED) is 0.177. The van der Waals surface area contributed by atoms with E-state index < -0.39 is 0 Å². The van der Waals surface area contributed by atoms with Gasteiger partial charge in [-0.25, -0.2) is 15.0 Å². The van der Waals surface area contributed by atoms with Gasteiger partial charge in [0.05, 0.1) is 27.5 Å². The Labute approximate surface area is 326 Å². The van der Waals surface area contributed by atoms with Crippen LogP contribution in [0.15, 0.2) is 192 Å². The Bertz CT molecular complexity index is 3450. The van der Waals surface area contributed by atoms with Crippen LogP contribution in [-0.2, 0) is 0 Å². The first-order chi connectivity index (χ1) is 28.3. The Kier molecular flexibility index (Phi) is 6.83. The van der Waals surface area contributed by atoms with Gasteiger partial charge in [0.25, 0.3) is 0 Å². The van der Waals surface area contributed by atoms with E-state index in [0.29, 0.717) is 17.5 Å². The summed E-state index contributed by atoms with van der Waals surface area (Å²) in [6.45, 7) is 0. The van der Waals surface area contributed by atoms with Crippen LogP contribution >= 0.6 is 0 Å². The average Bonchev–Trinajstić information content (AvgIpc) is 3.93. The van der Waals surface area contributed by atoms with Crippen LogP contribution in [0.25, 0.3) is 111 Å². The van der Waals surface area contributed by atoms with Gasteiger partial charge in [-0.15, -0.1) is 0 Å². The minimum absolute atomic E-state index is 0.610. The average molecular weight is 730 g/mol. The van der Waals surface area contributed by atoms with Crippen molar-refractivity contribution >= 4 is 65.6 Å². The van der Waals surface area contributed by atoms with Crippen molar-refractivity contribution in [1.29, 1.82) is 0 Å². The number of para-hydroxylation sites is 3. The Morgan fingerprint density at radius 3 is 1.61 bits per heavy atom. The minimum atomic E-state index is 0.610. The van der Waals surface area contributed by atoms with Crippen LogP contribution in [0, 0.1) is 0 Å². The summed E-state index contributed by atoms with van der Waals surface area (Å²) in [4.78, 5) is 15.1. The molecule has 0 amide bonds. The zero-order valence-electron chi connectivity index (χ0n) is 30.5.